The van der Waals surface area contributed by atoms with Crippen LogP contribution in [0.1, 0.15) is 0 Å². The summed E-state index contributed by atoms with van der Waals surface area (Å²) >= 11 is 1.68. The van der Waals surface area contributed by atoms with Gasteiger partial charge in [-0.3, -0.25) is 4.98 Å². The number of thioether (sulfide) groups is 1. The highest BCUT2D eigenvalue weighted by Gasteiger charge is 2.11. The first kappa shape index (κ1) is 12.7. The third kappa shape index (κ3) is 2.50. The van der Waals surface area contributed by atoms with Crippen molar-refractivity contribution in [2.24, 2.45) is 0 Å². The molecule has 0 unspecified atom stereocenters. The van der Waals surface area contributed by atoms with E-state index in [1.807, 2.05) is 30.5 Å². The number of pyridine rings is 1. The van der Waals surface area contributed by atoms with Gasteiger partial charge in [0.1, 0.15) is 5.75 Å². The third-order valence-corrected chi connectivity index (χ3v) is 3.49. The maximum Gasteiger partial charge on any atom is 0.259 e. The summed E-state index contributed by atoms with van der Waals surface area (Å²) in [5.74, 6) is 0.903. The molecule has 0 aliphatic heterocycles. The van der Waals surface area contributed by atoms with E-state index in [-0.39, 0.29) is 5.75 Å². The molecule has 20 heavy (non-hydrogen) atoms. The average molecular weight is 285 g/mol. The lowest BCUT2D eigenvalue weighted by atomic mass is 10.2. The van der Waals surface area contributed by atoms with Crippen LogP contribution < -0.4 is 0 Å². The van der Waals surface area contributed by atoms with Gasteiger partial charge >= 0.3 is 0 Å². The maximum atomic E-state index is 9.40. The number of hydrogen-bond donors (Lipinski definition) is 1. The highest BCUT2D eigenvalue weighted by Crippen LogP contribution is 2.25. The Morgan fingerprint density at radius 1 is 1.10 bits per heavy atom. The summed E-state index contributed by atoms with van der Waals surface area (Å²) < 4.78 is 5.20. The first-order valence-electron chi connectivity index (χ1n) is 5.89. The third-order valence-electron chi connectivity index (χ3n) is 2.75. The summed E-state index contributed by atoms with van der Waals surface area (Å²) in [6.45, 7) is 0. The van der Waals surface area contributed by atoms with Gasteiger partial charge in [0.2, 0.25) is 5.82 Å². The minimum absolute atomic E-state index is 0.0616. The van der Waals surface area contributed by atoms with Crippen LogP contribution in [0.5, 0.6) is 5.75 Å². The van der Waals surface area contributed by atoms with Crippen LogP contribution in [-0.4, -0.2) is 26.5 Å². The smallest absolute Gasteiger partial charge is 0.259 e. The van der Waals surface area contributed by atoms with Crippen molar-refractivity contribution in [2.75, 3.05) is 6.26 Å². The van der Waals surface area contributed by atoms with E-state index in [0.29, 0.717) is 17.3 Å². The highest BCUT2D eigenvalue weighted by molar-refractivity contribution is 7.98. The van der Waals surface area contributed by atoms with Crippen molar-refractivity contribution in [3.05, 3.63) is 42.7 Å². The van der Waals surface area contributed by atoms with Crippen molar-refractivity contribution in [1.82, 2.24) is 15.1 Å². The van der Waals surface area contributed by atoms with E-state index in [4.69, 9.17) is 4.52 Å². The molecule has 0 aliphatic rings. The van der Waals surface area contributed by atoms with Crippen molar-refractivity contribution in [2.45, 2.75) is 4.90 Å². The molecule has 3 rings (SSSR count). The molecule has 1 N–H and O–H groups in total. The Bertz CT molecular complexity index is 725. The molecule has 0 saturated heterocycles. The molecule has 100 valence electrons. The lowest BCUT2D eigenvalue weighted by molar-refractivity contribution is 0.431. The maximum absolute atomic E-state index is 9.40. The molecule has 1 aromatic carbocycles. The van der Waals surface area contributed by atoms with Crippen LogP contribution in [0.4, 0.5) is 0 Å². The number of nitrogens with zero attached hydrogens (tertiary/aromatic N) is 3. The van der Waals surface area contributed by atoms with Gasteiger partial charge in [-0.1, -0.05) is 5.16 Å². The monoisotopic (exact) mass is 285 g/mol. The van der Waals surface area contributed by atoms with Gasteiger partial charge in [-0.2, -0.15) is 4.98 Å². The quantitative estimate of drug-likeness (QED) is 0.745. The van der Waals surface area contributed by atoms with Crippen molar-refractivity contribution in [3.8, 4) is 28.6 Å². The Hall–Kier alpha value is -2.34. The van der Waals surface area contributed by atoms with Crippen molar-refractivity contribution >= 4 is 11.8 Å². The van der Waals surface area contributed by atoms with E-state index >= 15 is 0 Å². The predicted molar refractivity (Wildman–Crippen MR) is 76.4 cm³/mol. The fourth-order valence-corrected chi connectivity index (χ4v) is 2.15. The first-order valence-corrected chi connectivity index (χ1v) is 7.11. The van der Waals surface area contributed by atoms with Crippen LogP contribution in [0.25, 0.3) is 22.8 Å². The molecule has 2 heterocycles. The van der Waals surface area contributed by atoms with Crippen LogP contribution in [-0.2, 0) is 0 Å². The van der Waals surface area contributed by atoms with Gasteiger partial charge in [-0.25, -0.2) is 0 Å². The van der Waals surface area contributed by atoms with Crippen LogP contribution in [0.2, 0.25) is 0 Å². The van der Waals surface area contributed by atoms with Gasteiger partial charge in [-0.15, -0.1) is 11.8 Å². The SMILES string of the molecule is CSc1ccc(-c2noc(-c3cncc(O)c3)n2)cc1. The lowest BCUT2D eigenvalue weighted by Gasteiger charge is -1.97. The van der Waals surface area contributed by atoms with Gasteiger partial charge in [0.25, 0.3) is 5.89 Å². The molecule has 0 fully saturated rings. The van der Waals surface area contributed by atoms with Crippen LogP contribution in [0.15, 0.2) is 52.1 Å². The Morgan fingerprint density at radius 3 is 2.60 bits per heavy atom. The van der Waals surface area contributed by atoms with Gasteiger partial charge in [0.15, 0.2) is 0 Å². The number of aromatic hydroxyl groups is 1. The van der Waals surface area contributed by atoms with Gasteiger partial charge in [0, 0.05) is 16.7 Å². The Balaban J connectivity index is 1.93. The molecular formula is C14H11N3O2S. The van der Waals surface area contributed by atoms with E-state index in [1.54, 1.807) is 18.0 Å². The molecule has 0 aliphatic carbocycles. The second kappa shape index (κ2) is 5.34. The molecule has 0 atom stereocenters. The number of benzene rings is 1. The molecule has 0 spiro atoms. The second-order valence-electron chi connectivity index (χ2n) is 4.08. The number of aromatic nitrogens is 3. The summed E-state index contributed by atoms with van der Waals surface area (Å²) in [7, 11) is 0. The average Bonchev–Trinajstić information content (AvgIpc) is 2.97. The molecule has 0 amide bonds. The van der Waals surface area contributed by atoms with Gasteiger partial charge in [-0.05, 0) is 36.6 Å². The summed E-state index contributed by atoms with van der Waals surface area (Å²) in [6.07, 6.45) is 4.94. The minimum atomic E-state index is 0.0616. The predicted octanol–water partition coefficient (Wildman–Crippen LogP) is 3.23. The first-order chi connectivity index (χ1) is 9.76. The summed E-state index contributed by atoms with van der Waals surface area (Å²) in [5.41, 5.74) is 1.47. The Kier molecular flexibility index (Phi) is 3.39. The fourth-order valence-electron chi connectivity index (χ4n) is 1.74. The van der Waals surface area contributed by atoms with E-state index in [1.165, 1.54) is 17.2 Å². The molecular weight excluding hydrogens is 274 g/mol. The fraction of sp³-hybridized carbons (Fsp3) is 0.0714. The molecule has 0 radical (unpaired) electrons. The van der Waals surface area contributed by atoms with Crippen LogP contribution in [0, 0.1) is 0 Å². The van der Waals surface area contributed by atoms with Gasteiger partial charge in [0.05, 0.1) is 11.8 Å². The van der Waals surface area contributed by atoms with Crippen LogP contribution >= 0.6 is 11.8 Å². The molecule has 5 nitrogen and oxygen atoms in total. The molecule has 0 bridgehead atoms. The molecule has 2 aromatic heterocycles. The summed E-state index contributed by atoms with van der Waals surface area (Å²) in [5, 5.41) is 13.3. The van der Waals surface area contributed by atoms with E-state index < -0.39 is 0 Å². The normalized spacial score (nSPS) is 10.7. The Labute approximate surface area is 119 Å². The highest BCUT2D eigenvalue weighted by atomic mass is 32.2. The van der Waals surface area contributed by atoms with E-state index in [0.717, 1.165) is 5.56 Å². The van der Waals surface area contributed by atoms with Crippen LogP contribution in [0.3, 0.4) is 0 Å². The number of hydrogen-bond acceptors (Lipinski definition) is 6. The van der Waals surface area contributed by atoms with E-state index in [2.05, 4.69) is 15.1 Å². The standard InChI is InChI=1S/C14H11N3O2S/c1-20-12-4-2-9(3-5-12)13-16-14(19-17-13)10-6-11(18)8-15-7-10/h2-8,18H,1H3. The van der Waals surface area contributed by atoms with Crippen molar-refractivity contribution < 1.29 is 9.63 Å². The zero-order valence-electron chi connectivity index (χ0n) is 10.6. The second-order valence-corrected chi connectivity index (χ2v) is 4.96. The minimum Gasteiger partial charge on any atom is -0.506 e. The molecule has 6 heteroatoms. The lowest BCUT2D eigenvalue weighted by Crippen LogP contribution is -1.82. The summed E-state index contributed by atoms with van der Waals surface area (Å²) in [4.78, 5) is 9.37. The zero-order chi connectivity index (χ0) is 13.9. The summed E-state index contributed by atoms with van der Waals surface area (Å²) in [6, 6.07) is 9.43. The Morgan fingerprint density at radius 2 is 1.90 bits per heavy atom. The molecule has 0 saturated carbocycles. The topological polar surface area (TPSA) is 72.0 Å². The van der Waals surface area contributed by atoms with Gasteiger partial charge < -0.3 is 9.63 Å². The van der Waals surface area contributed by atoms with Crippen molar-refractivity contribution in [3.63, 3.8) is 0 Å². The largest absolute Gasteiger partial charge is 0.506 e. The van der Waals surface area contributed by atoms with E-state index in [9.17, 15) is 5.11 Å². The zero-order valence-corrected chi connectivity index (χ0v) is 11.5. The van der Waals surface area contributed by atoms with Crippen molar-refractivity contribution in [1.29, 1.82) is 0 Å². The number of rotatable bonds is 3. The molecule has 3 aromatic rings.